The summed E-state index contributed by atoms with van der Waals surface area (Å²) in [6.45, 7) is 0. The normalized spacial score (nSPS) is 28.5. The van der Waals surface area contributed by atoms with Crippen molar-refractivity contribution >= 4 is 5.78 Å². The van der Waals surface area contributed by atoms with Crippen LogP contribution in [-0.2, 0) is 10.2 Å². The number of carbonyl (C=O) groups is 1. The van der Waals surface area contributed by atoms with E-state index in [1.54, 1.807) is 0 Å². The molecule has 2 aliphatic carbocycles. The van der Waals surface area contributed by atoms with Gasteiger partial charge in [-0.05, 0) is 37.3 Å². The second kappa shape index (κ2) is 4.14. The molecule has 0 saturated heterocycles. The molecule has 0 aromatic heterocycles. The quantitative estimate of drug-likeness (QED) is 0.712. The predicted molar refractivity (Wildman–Crippen MR) is 68.9 cm³/mol. The minimum absolute atomic E-state index is 0.188. The number of hydrogen-bond acceptors (Lipinski definition) is 1. The third kappa shape index (κ3) is 1.74. The van der Waals surface area contributed by atoms with E-state index in [1.807, 2.05) is 6.08 Å². The van der Waals surface area contributed by atoms with E-state index in [-0.39, 0.29) is 5.41 Å². The fourth-order valence-electron chi connectivity index (χ4n) is 3.47. The van der Waals surface area contributed by atoms with Gasteiger partial charge in [-0.2, -0.15) is 0 Å². The summed E-state index contributed by atoms with van der Waals surface area (Å²) in [5.41, 5.74) is 3.00. The molecular weight excluding hydrogens is 208 g/mol. The van der Waals surface area contributed by atoms with Crippen LogP contribution < -0.4 is 0 Å². The highest BCUT2D eigenvalue weighted by molar-refractivity contribution is 5.92. The molecule has 17 heavy (non-hydrogen) atoms. The molecule has 88 valence electrons. The average Bonchev–Trinajstić information content (AvgIpc) is 2.40. The van der Waals surface area contributed by atoms with Crippen LogP contribution in [0.25, 0.3) is 0 Å². The molecule has 1 heteroatoms. The lowest BCUT2D eigenvalue weighted by molar-refractivity contribution is -0.115. The largest absolute Gasteiger partial charge is 0.295 e. The fourth-order valence-corrected chi connectivity index (χ4v) is 3.47. The highest BCUT2D eigenvalue weighted by atomic mass is 16.1. The zero-order valence-electron chi connectivity index (χ0n) is 10.1. The summed E-state index contributed by atoms with van der Waals surface area (Å²) in [4.78, 5) is 11.6. The molecule has 1 saturated carbocycles. The number of ketones is 1. The van der Waals surface area contributed by atoms with Gasteiger partial charge in [-0.15, -0.1) is 0 Å². The summed E-state index contributed by atoms with van der Waals surface area (Å²) in [6, 6.07) is 10.8. The van der Waals surface area contributed by atoms with Crippen LogP contribution >= 0.6 is 0 Å². The Kier molecular flexibility index (Phi) is 2.62. The first-order valence-electron chi connectivity index (χ1n) is 6.61. The van der Waals surface area contributed by atoms with Gasteiger partial charge in [0.1, 0.15) is 0 Å². The van der Waals surface area contributed by atoms with Gasteiger partial charge in [0.15, 0.2) is 5.78 Å². The van der Waals surface area contributed by atoms with Crippen molar-refractivity contribution < 1.29 is 4.79 Å². The maximum absolute atomic E-state index is 11.6. The van der Waals surface area contributed by atoms with Crippen LogP contribution in [0.4, 0.5) is 0 Å². The number of hydrogen-bond donors (Lipinski definition) is 0. The summed E-state index contributed by atoms with van der Waals surface area (Å²) >= 11 is 0. The molecule has 1 aromatic carbocycles. The summed E-state index contributed by atoms with van der Waals surface area (Å²) in [6.07, 6.45) is 8.54. The standard InChI is InChI=1S/C16H18O/c17-15-9-11-16(13-6-2-1-3-7-13)10-5-4-8-14(16)12-15/h1-3,6-7,12H,4-5,8-11H2. The van der Waals surface area contributed by atoms with Crippen molar-refractivity contribution in [2.24, 2.45) is 0 Å². The summed E-state index contributed by atoms with van der Waals surface area (Å²) < 4.78 is 0. The van der Waals surface area contributed by atoms with Crippen LogP contribution in [0.15, 0.2) is 42.0 Å². The second-order valence-electron chi connectivity index (χ2n) is 5.29. The van der Waals surface area contributed by atoms with Crippen molar-refractivity contribution in [1.29, 1.82) is 0 Å². The minimum atomic E-state index is 0.188. The van der Waals surface area contributed by atoms with Gasteiger partial charge in [-0.1, -0.05) is 42.3 Å². The van der Waals surface area contributed by atoms with Gasteiger partial charge in [-0.3, -0.25) is 4.79 Å². The Bertz CT molecular complexity index is 458. The zero-order valence-corrected chi connectivity index (χ0v) is 10.1. The molecule has 1 atom stereocenters. The number of allylic oxidation sites excluding steroid dienone is 2. The van der Waals surface area contributed by atoms with E-state index in [4.69, 9.17) is 0 Å². The lowest BCUT2D eigenvalue weighted by Crippen LogP contribution is -2.35. The van der Waals surface area contributed by atoms with Crippen LogP contribution in [0.5, 0.6) is 0 Å². The van der Waals surface area contributed by atoms with Crippen molar-refractivity contribution in [1.82, 2.24) is 0 Å². The van der Waals surface area contributed by atoms with Gasteiger partial charge in [0.2, 0.25) is 0 Å². The molecule has 1 nitrogen and oxygen atoms in total. The molecule has 1 unspecified atom stereocenters. The van der Waals surface area contributed by atoms with Crippen molar-refractivity contribution in [2.75, 3.05) is 0 Å². The first kappa shape index (κ1) is 10.8. The van der Waals surface area contributed by atoms with Crippen LogP contribution in [0.1, 0.15) is 44.1 Å². The van der Waals surface area contributed by atoms with Crippen molar-refractivity contribution in [3.8, 4) is 0 Å². The summed E-state index contributed by atoms with van der Waals surface area (Å²) in [5.74, 6) is 0.327. The highest BCUT2D eigenvalue weighted by Gasteiger charge is 2.40. The molecule has 3 rings (SSSR count). The molecule has 0 N–H and O–H groups in total. The van der Waals surface area contributed by atoms with E-state index in [1.165, 1.54) is 30.4 Å². The fraction of sp³-hybridized carbons (Fsp3) is 0.438. The van der Waals surface area contributed by atoms with E-state index in [0.29, 0.717) is 5.78 Å². The third-order valence-corrected chi connectivity index (χ3v) is 4.37. The third-order valence-electron chi connectivity index (χ3n) is 4.37. The number of benzene rings is 1. The van der Waals surface area contributed by atoms with Crippen LogP contribution in [-0.4, -0.2) is 5.78 Å². The molecule has 0 aliphatic heterocycles. The van der Waals surface area contributed by atoms with E-state index in [2.05, 4.69) is 30.3 Å². The van der Waals surface area contributed by atoms with Crippen LogP contribution in [0.2, 0.25) is 0 Å². The van der Waals surface area contributed by atoms with Crippen molar-refractivity contribution in [3.63, 3.8) is 0 Å². The second-order valence-corrected chi connectivity index (χ2v) is 5.29. The molecule has 1 fully saturated rings. The Labute approximate surface area is 103 Å². The highest BCUT2D eigenvalue weighted by Crippen LogP contribution is 2.48. The van der Waals surface area contributed by atoms with Gasteiger partial charge in [0.05, 0.1) is 0 Å². The SMILES string of the molecule is O=C1C=C2CCCCC2(c2ccccc2)CC1. The smallest absolute Gasteiger partial charge is 0.155 e. The number of carbonyl (C=O) groups excluding carboxylic acids is 1. The predicted octanol–water partition coefficient (Wildman–Crippen LogP) is 3.79. The first-order valence-corrected chi connectivity index (χ1v) is 6.61. The molecule has 0 bridgehead atoms. The zero-order chi connectivity index (χ0) is 11.7. The van der Waals surface area contributed by atoms with Gasteiger partial charge in [0.25, 0.3) is 0 Å². The lowest BCUT2D eigenvalue weighted by atomic mass is 9.61. The Balaban J connectivity index is 2.09. The van der Waals surface area contributed by atoms with Crippen molar-refractivity contribution in [3.05, 3.63) is 47.5 Å². The maximum atomic E-state index is 11.6. The molecule has 0 heterocycles. The monoisotopic (exact) mass is 226 g/mol. The molecular formula is C16H18O. The van der Waals surface area contributed by atoms with E-state index < -0.39 is 0 Å². The van der Waals surface area contributed by atoms with E-state index in [9.17, 15) is 4.79 Å². The Morgan fingerprint density at radius 1 is 0.941 bits per heavy atom. The van der Waals surface area contributed by atoms with Crippen LogP contribution in [0.3, 0.4) is 0 Å². The maximum Gasteiger partial charge on any atom is 0.155 e. The average molecular weight is 226 g/mol. The molecule has 2 aliphatic rings. The Morgan fingerprint density at radius 2 is 1.76 bits per heavy atom. The molecule has 1 aromatic rings. The summed E-state index contributed by atoms with van der Waals surface area (Å²) in [7, 11) is 0. The van der Waals surface area contributed by atoms with E-state index >= 15 is 0 Å². The van der Waals surface area contributed by atoms with Gasteiger partial charge in [-0.25, -0.2) is 0 Å². The first-order chi connectivity index (χ1) is 8.31. The van der Waals surface area contributed by atoms with Gasteiger partial charge >= 0.3 is 0 Å². The lowest BCUT2D eigenvalue weighted by Gasteiger charge is -2.42. The Hall–Kier alpha value is -1.37. The van der Waals surface area contributed by atoms with Gasteiger partial charge in [0, 0.05) is 11.8 Å². The topological polar surface area (TPSA) is 17.1 Å². The minimum Gasteiger partial charge on any atom is -0.295 e. The Morgan fingerprint density at radius 3 is 2.59 bits per heavy atom. The van der Waals surface area contributed by atoms with Gasteiger partial charge < -0.3 is 0 Å². The van der Waals surface area contributed by atoms with Crippen LogP contribution in [0, 0.1) is 0 Å². The number of fused-ring (bicyclic) bond motifs is 1. The van der Waals surface area contributed by atoms with Crippen molar-refractivity contribution in [2.45, 2.75) is 43.9 Å². The molecule has 0 radical (unpaired) electrons. The molecule has 0 amide bonds. The number of rotatable bonds is 1. The summed E-state index contributed by atoms with van der Waals surface area (Å²) in [5, 5.41) is 0. The molecule has 0 spiro atoms. The van der Waals surface area contributed by atoms with E-state index in [0.717, 1.165) is 19.3 Å².